The summed E-state index contributed by atoms with van der Waals surface area (Å²) in [5.74, 6) is 0. The van der Waals surface area contributed by atoms with Gasteiger partial charge in [0, 0.05) is 38.5 Å². The summed E-state index contributed by atoms with van der Waals surface area (Å²) in [5.41, 5.74) is 3.49. The predicted molar refractivity (Wildman–Crippen MR) is 84.2 cm³/mol. The molecule has 0 amide bonds. The first-order valence-electron chi connectivity index (χ1n) is 7.75. The molecular weight excluding hydrogens is 278 g/mol. The van der Waals surface area contributed by atoms with Crippen LogP contribution in [-0.2, 0) is 24.4 Å². The Labute approximate surface area is 131 Å². The van der Waals surface area contributed by atoms with Gasteiger partial charge in [-0.05, 0) is 17.5 Å². The second-order valence-corrected chi connectivity index (χ2v) is 5.82. The Hall–Kier alpha value is -1.69. The Morgan fingerprint density at radius 1 is 1.36 bits per heavy atom. The van der Waals surface area contributed by atoms with Crippen molar-refractivity contribution in [2.24, 2.45) is 0 Å². The second-order valence-electron chi connectivity index (χ2n) is 5.82. The molecule has 1 atom stereocenters. The van der Waals surface area contributed by atoms with Crippen LogP contribution in [0.25, 0.3) is 0 Å². The van der Waals surface area contributed by atoms with Gasteiger partial charge >= 0.3 is 0 Å². The SMILES string of the molecule is COCCn1cc(CN2CCC(O)c3ccccc3C2)cn1. The van der Waals surface area contributed by atoms with Gasteiger partial charge in [-0.2, -0.15) is 5.10 Å². The molecule has 0 bridgehead atoms. The minimum Gasteiger partial charge on any atom is -0.388 e. The van der Waals surface area contributed by atoms with Crippen LogP contribution < -0.4 is 0 Å². The zero-order chi connectivity index (χ0) is 15.4. The Morgan fingerprint density at radius 3 is 3.09 bits per heavy atom. The average molecular weight is 301 g/mol. The van der Waals surface area contributed by atoms with Crippen LogP contribution in [-0.4, -0.2) is 40.0 Å². The van der Waals surface area contributed by atoms with E-state index < -0.39 is 0 Å². The number of aliphatic hydroxyl groups is 1. The number of aromatic nitrogens is 2. The molecule has 5 heteroatoms. The van der Waals surface area contributed by atoms with Crippen LogP contribution in [0, 0.1) is 0 Å². The van der Waals surface area contributed by atoms with E-state index in [-0.39, 0.29) is 6.10 Å². The molecule has 0 aliphatic carbocycles. The maximum Gasteiger partial charge on any atom is 0.0805 e. The van der Waals surface area contributed by atoms with Crippen LogP contribution in [0.3, 0.4) is 0 Å². The zero-order valence-electron chi connectivity index (χ0n) is 13.0. The maximum absolute atomic E-state index is 10.3. The summed E-state index contributed by atoms with van der Waals surface area (Å²) in [6.45, 7) is 4.06. The quantitative estimate of drug-likeness (QED) is 0.917. The van der Waals surface area contributed by atoms with E-state index in [2.05, 4.69) is 22.3 Å². The van der Waals surface area contributed by atoms with Gasteiger partial charge in [-0.15, -0.1) is 0 Å². The molecule has 1 aliphatic rings. The van der Waals surface area contributed by atoms with Gasteiger partial charge in [0.25, 0.3) is 0 Å². The van der Waals surface area contributed by atoms with Gasteiger partial charge in [-0.25, -0.2) is 0 Å². The fourth-order valence-corrected chi connectivity index (χ4v) is 2.97. The van der Waals surface area contributed by atoms with Crippen molar-refractivity contribution in [1.29, 1.82) is 0 Å². The molecule has 0 fully saturated rings. The van der Waals surface area contributed by atoms with E-state index in [1.807, 2.05) is 29.1 Å². The third-order valence-electron chi connectivity index (χ3n) is 4.14. The highest BCUT2D eigenvalue weighted by molar-refractivity contribution is 5.30. The number of fused-ring (bicyclic) bond motifs is 1. The van der Waals surface area contributed by atoms with Crippen molar-refractivity contribution < 1.29 is 9.84 Å². The van der Waals surface area contributed by atoms with Crippen molar-refractivity contribution >= 4 is 0 Å². The predicted octanol–water partition coefficient (Wildman–Crippen LogP) is 1.97. The standard InChI is InChI=1S/C17H23N3O2/c1-22-9-8-20-12-14(10-18-20)11-19-7-6-17(21)16-5-3-2-4-15(16)13-19/h2-5,10,12,17,21H,6-9,11,13H2,1H3. The Bertz CT molecular complexity index is 611. The molecule has 22 heavy (non-hydrogen) atoms. The summed E-state index contributed by atoms with van der Waals surface area (Å²) >= 11 is 0. The number of hydrogen-bond donors (Lipinski definition) is 1. The molecule has 1 aliphatic heterocycles. The van der Waals surface area contributed by atoms with Crippen molar-refractivity contribution in [3.05, 3.63) is 53.3 Å². The highest BCUT2D eigenvalue weighted by Crippen LogP contribution is 2.26. The van der Waals surface area contributed by atoms with Gasteiger partial charge in [0.1, 0.15) is 0 Å². The van der Waals surface area contributed by atoms with Crippen LogP contribution in [0.1, 0.15) is 29.2 Å². The van der Waals surface area contributed by atoms with Crippen LogP contribution in [0.4, 0.5) is 0 Å². The highest BCUT2D eigenvalue weighted by Gasteiger charge is 2.20. The highest BCUT2D eigenvalue weighted by atomic mass is 16.5. The first kappa shape index (κ1) is 15.2. The molecular formula is C17H23N3O2. The largest absolute Gasteiger partial charge is 0.388 e. The fourth-order valence-electron chi connectivity index (χ4n) is 2.97. The van der Waals surface area contributed by atoms with Crippen molar-refractivity contribution in [2.75, 3.05) is 20.3 Å². The van der Waals surface area contributed by atoms with Crippen LogP contribution >= 0.6 is 0 Å². The number of methoxy groups -OCH3 is 1. The summed E-state index contributed by atoms with van der Waals surface area (Å²) in [6, 6.07) is 8.18. The summed E-state index contributed by atoms with van der Waals surface area (Å²) in [4.78, 5) is 2.37. The van der Waals surface area contributed by atoms with Gasteiger partial charge in [0.2, 0.25) is 0 Å². The average Bonchev–Trinajstić information content (AvgIpc) is 2.91. The normalized spacial score (nSPS) is 18.9. The first-order chi connectivity index (χ1) is 10.8. The number of hydrogen-bond acceptors (Lipinski definition) is 4. The molecule has 2 heterocycles. The smallest absolute Gasteiger partial charge is 0.0805 e. The summed E-state index contributed by atoms with van der Waals surface area (Å²) in [7, 11) is 1.70. The lowest BCUT2D eigenvalue weighted by Crippen LogP contribution is -2.22. The summed E-state index contributed by atoms with van der Waals surface area (Å²) in [5, 5.41) is 14.6. The molecule has 5 nitrogen and oxygen atoms in total. The zero-order valence-corrected chi connectivity index (χ0v) is 13.0. The molecule has 0 saturated heterocycles. The van der Waals surface area contributed by atoms with Gasteiger partial charge in [0.15, 0.2) is 0 Å². The van der Waals surface area contributed by atoms with Crippen molar-refractivity contribution in [3.63, 3.8) is 0 Å². The molecule has 3 rings (SSSR count). The Balaban J connectivity index is 1.67. The monoisotopic (exact) mass is 301 g/mol. The third kappa shape index (κ3) is 3.55. The van der Waals surface area contributed by atoms with Crippen molar-refractivity contribution in [3.8, 4) is 0 Å². The number of benzene rings is 1. The van der Waals surface area contributed by atoms with E-state index in [9.17, 15) is 5.11 Å². The van der Waals surface area contributed by atoms with E-state index in [1.54, 1.807) is 7.11 Å². The molecule has 0 saturated carbocycles. The molecule has 1 N–H and O–H groups in total. The van der Waals surface area contributed by atoms with E-state index in [0.717, 1.165) is 38.2 Å². The Kier molecular flexibility index (Phi) is 4.87. The molecule has 1 aromatic heterocycles. The minimum atomic E-state index is -0.356. The van der Waals surface area contributed by atoms with Crippen LogP contribution in [0.2, 0.25) is 0 Å². The molecule has 0 radical (unpaired) electrons. The molecule has 118 valence electrons. The van der Waals surface area contributed by atoms with E-state index in [4.69, 9.17) is 4.74 Å². The first-order valence-corrected chi connectivity index (χ1v) is 7.75. The molecule has 1 unspecified atom stereocenters. The van der Waals surface area contributed by atoms with E-state index >= 15 is 0 Å². The Morgan fingerprint density at radius 2 is 2.23 bits per heavy atom. The van der Waals surface area contributed by atoms with Crippen LogP contribution in [0.5, 0.6) is 0 Å². The van der Waals surface area contributed by atoms with E-state index in [1.165, 1.54) is 11.1 Å². The van der Waals surface area contributed by atoms with Gasteiger partial charge in [-0.3, -0.25) is 9.58 Å². The molecule has 2 aromatic rings. The topological polar surface area (TPSA) is 50.5 Å². The third-order valence-corrected chi connectivity index (χ3v) is 4.14. The number of ether oxygens (including phenoxy) is 1. The fraction of sp³-hybridized carbons (Fsp3) is 0.471. The molecule has 1 aromatic carbocycles. The van der Waals surface area contributed by atoms with Gasteiger partial charge in [-0.1, -0.05) is 24.3 Å². The minimum absolute atomic E-state index is 0.356. The van der Waals surface area contributed by atoms with Crippen molar-refractivity contribution in [1.82, 2.24) is 14.7 Å². The number of rotatable bonds is 5. The number of aliphatic hydroxyl groups excluding tert-OH is 1. The second kappa shape index (κ2) is 7.05. The summed E-state index contributed by atoms with van der Waals surface area (Å²) in [6.07, 6.45) is 4.41. The summed E-state index contributed by atoms with van der Waals surface area (Å²) < 4.78 is 6.99. The molecule has 0 spiro atoms. The van der Waals surface area contributed by atoms with Gasteiger partial charge < -0.3 is 9.84 Å². The number of nitrogens with zero attached hydrogens (tertiary/aromatic N) is 3. The lowest BCUT2D eigenvalue weighted by Gasteiger charge is -2.19. The van der Waals surface area contributed by atoms with Crippen LogP contribution in [0.15, 0.2) is 36.7 Å². The maximum atomic E-state index is 10.3. The lowest BCUT2D eigenvalue weighted by molar-refractivity contribution is 0.149. The lowest BCUT2D eigenvalue weighted by atomic mass is 10.0. The van der Waals surface area contributed by atoms with Crippen molar-refractivity contribution in [2.45, 2.75) is 32.2 Å². The van der Waals surface area contributed by atoms with E-state index in [0.29, 0.717) is 6.61 Å². The van der Waals surface area contributed by atoms with Gasteiger partial charge in [0.05, 0.1) is 25.5 Å².